The molecule has 132 valence electrons. The lowest BCUT2D eigenvalue weighted by molar-refractivity contribution is 0.431. The molecule has 8 nitrogen and oxygen atoms in total. The van der Waals surface area contributed by atoms with Crippen molar-refractivity contribution in [2.45, 2.75) is 26.3 Å². The molecule has 0 aromatic carbocycles. The Morgan fingerprint density at radius 2 is 1.96 bits per heavy atom. The van der Waals surface area contributed by atoms with Crippen LogP contribution < -0.4 is 5.32 Å². The Morgan fingerprint density at radius 1 is 1.12 bits per heavy atom. The van der Waals surface area contributed by atoms with E-state index in [0.29, 0.717) is 28.8 Å². The van der Waals surface area contributed by atoms with Gasteiger partial charge in [0.1, 0.15) is 10.3 Å². The Hall–Kier alpha value is -2.81. The van der Waals surface area contributed by atoms with Crippen molar-refractivity contribution in [1.29, 1.82) is 0 Å². The molecule has 0 aliphatic carbocycles. The van der Waals surface area contributed by atoms with Crippen molar-refractivity contribution in [3.63, 3.8) is 0 Å². The van der Waals surface area contributed by atoms with Crippen LogP contribution in [-0.2, 0) is 0 Å². The second-order valence-electron chi connectivity index (χ2n) is 6.78. The molecule has 4 rings (SSSR count). The summed E-state index contributed by atoms with van der Waals surface area (Å²) in [4.78, 5) is 17.5. The number of hydrogen-bond acceptors (Lipinski definition) is 7. The Bertz CT molecular complexity index is 1060. The third-order valence-electron chi connectivity index (χ3n) is 3.52. The summed E-state index contributed by atoms with van der Waals surface area (Å²) in [5.41, 5.74) is 2.66. The molecule has 26 heavy (non-hydrogen) atoms. The summed E-state index contributed by atoms with van der Waals surface area (Å²) in [7, 11) is 0. The summed E-state index contributed by atoms with van der Waals surface area (Å²) in [6, 6.07) is 3.79. The fourth-order valence-corrected chi connectivity index (χ4v) is 2.89. The smallest absolute Gasteiger partial charge is 0.280 e. The van der Waals surface area contributed by atoms with Crippen molar-refractivity contribution in [2.75, 3.05) is 5.32 Å². The van der Waals surface area contributed by atoms with Gasteiger partial charge in [0.2, 0.25) is 5.82 Å². The number of pyridine rings is 1. The number of imidazole rings is 1. The van der Waals surface area contributed by atoms with Gasteiger partial charge in [0, 0.05) is 17.9 Å². The summed E-state index contributed by atoms with van der Waals surface area (Å²) in [6.07, 6.45) is 6.90. The van der Waals surface area contributed by atoms with Crippen LogP contribution in [0.25, 0.3) is 28.8 Å². The Morgan fingerprint density at radius 3 is 2.69 bits per heavy atom. The molecule has 0 saturated heterocycles. The molecule has 0 fully saturated rings. The Labute approximate surface area is 157 Å². The van der Waals surface area contributed by atoms with Crippen LogP contribution in [0.1, 0.15) is 20.8 Å². The molecule has 0 aliphatic heterocycles. The lowest BCUT2D eigenvalue weighted by Crippen LogP contribution is -2.26. The predicted octanol–water partition coefficient (Wildman–Crippen LogP) is 3.81. The van der Waals surface area contributed by atoms with Crippen LogP contribution in [0, 0.1) is 0 Å². The van der Waals surface area contributed by atoms with E-state index in [0.717, 1.165) is 10.3 Å². The molecule has 4 aromatic rings. The van der Waals surface area contributed by atoms with Crippen LogP contribution >= 0.6 is 15.9 Å². The van der Waals surface area contributed by atoms with Crippen molar-refractivity contribution in [2.24, 2.45) is 0 Å². The molecule has 0 spiro atoms. The summed E-state index contributed by atoms with van der Waals surface area (Å²) in [5.74, 6) is 0.694. The number of hydrogen-bond donors (Lipinski definition) is 1. The number of nitrogens with zero attached hydrogens (tertiary/aromatic N) is 6. The van der Waals surface area contributed by atoms with Crippen molar-refractivity contribution < 1.29 is 4.52 Å². The maximum atomic E-state index is 5.39. The van der Waals surface area contributed by atoms with Gasteiger partial charge in [-0.3, -0.25) is 9.38 Å². The predicted molar refractivity (Wildman–Crippen MR) is 101 cm³/mol. The average molecular weight is 414 g/mol. The van der Waals surface area contributed by atoms with Gasteiger partial charge in [-0.15, -0.1) is 0 Å². The van der Waals surface area contributed by atoms with Crippen LogP contribution in [0.3, 0.4) is 0 Å². The van der Waals surface area contributed by atoms with Gasteiger partial charge in [-0.05, 0) is 48.8 Å². The highest BCUT2D eigenvalue weighted by molar-refractivity contribution is 9.10. The fourth-order valence-electron chi connectivity index (χ4n) is 2.50. The zero-order valence-corrected chi connectivity index (χ0v) is 16.0. The van der Waals surface area contributed by atoms with Gasteiger partial charge in [0.05, 0.1) is 18.1 Å². The number of halogens is 1. The highest BCUT2D eigenvalue weighted by Gasteiger charge is 2.17. The second-order valence-corrected chi connectivity index (χ2v) is 7.59. The van der Waals surface area contributed by atoms with E-state index in [1.54, 1.807) is 24.8 Å². The lowest BCUT2D eigenvalue weighted by atomic mass is 10.1. The first-order chi connectivity index (χ1) is 12.4. The highest BCUT2D eigenvalue weighted by atomic mass is 79.9. The number of nitrogens with one attached hydrogen (secondary N) is 1. The molecular weight excluding hydrogens is 398 g/mol. The van der Waals surface area contributed by atoms with Crippen LogP contribution in [-0.4, -0.2) is 35.0 Å². The highest BCUT2D eigenvalue weighted by Crippen LogP contribution is 2.25. The summed E-state index contributed by atoms with van der Waals surface area (Å²) >= 11 is 3.43. The third kappa shape index (κ3) is 3.17. The van der Waals surface area contributed by atoms with Crippen LogP contribution in [0.15, 0.2) is 46.0 Å². The molecule has 0 unspecified atom stereocenters. The van der Waals surface area contributed by atoms with Gasteiger partial charge in [0.25, 0.3) is 5.89 Å². The van der Waals surface area contributed by atoms with E-state index in [4.69, 9.17) is 4.52 Å². The van der Waals surface area contributed by atoms with Gasteiger partial charge in [-0.25, -0.2) is 9.97 Å². The standard InChI is InChI=1S/C17H16BrN7O/c1-17(2,3)23-10-4-5-11(20-8-10)14-22-16(26-24-14)13-15-21-9-12(18)25(15)7-6-19-13/h4-9,23H,1-3H3. The van der Waals surface area contributed by atoms with Gasteiger partial charge < -0.3 is 9.84 Å². The first kappa shape index (κ1) is 16.6. The van der Waals surface area contributed by atoms with Crippen molar-refractivity contribution in [3.05, 3.63) is 41.5 Å². The number of rotatable bonds is 3. The van der Waals surface area contributed by atoms with E-state index < -0.39 is 0 Å². The van der Waals surface area contributed by atoms with E-state index >= 15 is 0 Å². The van der Waals surface area contributed by atoms with Crippen molar-refractivity contribution >= 4 is 27.3 Å². The van der Waals surface area contributed by atoms with Crippen molar-refractivity contribution in [1.82, 2.24) is 29.5 Å². The van der Waals surface area contributed by atoms with Gasteiger partial charge in [-0.2, -0.15) is 4.98 Å². The Balaban J connectivity index is 1.66. The van der Waals surface area contributed by atoms with E-state index in [1.807, 2.05) is 16.5 Å². The van der Waals surface area contributed by atoms with Crippen LogP contribution in [0.4, 0.5) is 5.69 Å². The maximum Gasteiger partial charge on any atom is 0.280 e. The fraction of sp³-hybridized carbons (Fsp3) is 0.235. The summed E-state index contributed by atoms with van der Waals surface area (Å²) in [6.45, 7) is 6.27. The monoisotopic (exact) mass is 413 g/mol. The largest absolute Gasteiger partial charge is 0.379 e. The minimum Gasteiger partial charge on any atom is -0.379 e. The van der Waals surface area contributed by atoms with Crippen LogP contribution in [0.5, 0.6) is 0 Å². The molecule has 0 bridgehead atoms. The SMILES string of the molecule is CC(C)(C)Nc1ccc(-c2noc(-c3nccn4c(Br)cnc34)n2)nc1. The summed E-state index contributed by atoms with van der Waals surface area (Å²) < 4.78 is 8.05. The molecule has 4 aromatic heterocycles. The number of fused-ring (bicyclic) bond motifs is 1. The third-order valence-corrected chi connectivity index (χ3v) is 4.11. The molecular formula is C17H16BrN7O. The van der Waals surface area contributed by atoms with E-state index in [-0.39, 0.29) is 5.54 Å². The number of aromatic nitrogens is 6. The zero-order chi connectivity index (χ0) is 18.3. The molecule has 1 N–H and O–H groups in total. The summed E-state index contributed by atoms with van der Waals surface area (Å²) in [5, 5.41) is 7.38. The van der Waals surface area contributed by atoms with Gasteiger partial charge in [0.15, 0.2) is 11.3 Å². The topological polar surface area (TPSA) is 94.0 Å². The van der Waals surface area contributed by atoms with E-state index in [9.17, 15) is 0 Å². The normalized spacial score (nSPS) is 11.8. The molecule has 0 amide bonds. The molecule has 4 heterocycles. The van der Waals surface area contributed by atoms with E-state index in [2.05, 4.69) is 67.1 Å². The molecule has 9 heteroatoms. The Kier molecular flexibility index (Phi) is 3.95. The quantitative estimate of drug-likeness (QED) is 0.545. The van der Waals surface area contributed by atoms with Crippen molar-refractivity contribution in [3.8, 4) is 23.1 Å². The molecule has 0 atom stereocenters. The second kappa shape index (κ2) is 6.17. The number of anilines is 1. The minimum absolute atomic E-state index is 0.0364. The lowest BCUT2D eigenvalue weighted by Gasteiger charge is -2.21. The zero-order valence-electron chi connectivity index (χ0n) is 14.4. The first-order valence-corrected chi connectivity index (χ1v) is 8.76. The molecule has 0 saturated carbocycles. The maximum absolute atomic E-state index is 5.39. The first-order valence-electron chi connectivity index (χ1n) is 7.97. The van der Waals surface area contributed by atoms with Gasteiger partial charge >= 0.3 is 0 Å². The van der Waals surface area contributed by atoms with Crippen LogP contribution in [0.2, 0.25) is 0 Å². The molecule has 0 radical (unpaired) electrons. The molecule has 0 aliphatic rings. The average Bonchev–Trinajstić information content (AvgIpc) is 3.22. The van der Waals surface area contributed by atoms with E-state index in [1.165, 1.54) is 0 Å². The van der Waals surface area contributed by atoms with Gasteiger partial charge in [-0.1, -0.05) is 5.16 Å². The minimum atomic E-state index is -0.0364.